The molecule has 3 saturated carbocycles. The molecule has 2 aromatic rings. The number of amides is 2. The second-order valence-corrected chi connectivity index (χ2v) is 12.9. The molecule has 2 amide bonds. The topological polar surface area (TPSA) is 98.8 Å². The van der Waals surface area contributed by atoms with E-state index in [1.807, 2.05) is 24.3 Å². The van der Waals surface area contributed by atoms with Gasteiger partial charge in [0.05, 0.1) is 42.8 Å². The normalized spacial score (nSPS) is 27.8. The summed E-state index contributed by atoms with van der Waals surface area (Å²) in [5, 5.41) is 6.25. The van der Waals surface area contributed by atoms with E-state index in [0.29, 0.717) is 29.1 Å². The van der Waals surface area contributed by atoms with E-state index < -0.39 is 13.2 Å². The van der Waals surface area contributed by atoms with Gasteiger partial charge in [-0.3, -0.25) is 14.6 Å². The fourth-order valence-corrected chi connectivity index (χ4v) is 7.20. The second kappa shape index (κ2) is 11.2. The molecule has 9 heteroatoms. The average Bonchev–Trinajstić information content (AvgIpc) is 3.29. The number of benzene rings is 1. The summed E-state index contributed by atoms with van der Waals surface area (Å²) >= 11 is 0. The van der Waals surface area contributed by atoms with Crippen LogP contribution in [0.1, 0.15) is 82.3 Å². The van der Waals surface area contributed by atoms with Gasteiger partial charge in [0.1, 0.15) is 5.75 Å². The quantitative estimate of drug-likeness (QED) is 0.417. The van der Waals surface area contributed by atoms with Crippen LogP contribution in [0.2, 0.25) is 0 Å². The van der Waals surface area contributed by atoms with Crippen LogP contribution in [-0.4, -0.2) is 48.7 Å². The first-order valence-corrected chi connectivity index (χ1v) is 14.5. The summed E-state index contributed by atoms with van der Waals surface area (Å²) in [4.78, 5) is 30.8. The highest BCUT2D eigenvalue weighted by molar-refractivity contribution is 6.47. The second-order valence-electron chi connectivity index (χ2n) is 12.9. The maximum Gasteiger partial charge on any atom is 0.481 e. The summed E-state index contributed by atoms with van der Waals surface area (Å²) in [6.07, 6.45) is 6.09. The van der Waals surface area contributed by atoms with Crippen LogP contribution in [0.15, 0.2) is 48.8 Å². The monoisotopic (exact) mass is 547 g/mol. The number of para-hydroxylation sites is 1. The number of nitrogens with one attached hydrogen (secondary N) is 2. The summed E-state index contributed by atoms with van der Waals surface area (Å²) in [5.41, 5.74) is 1.05. The van der Waals surface area contributed by atoms with Crippen LogP contribution >= 0.6 is 0 Å². The molecule has 1 aromatic carbocycles. The molecule has 1 aliphatic heterocycles. The highest BCUT2D eigenvalue weighted by Gasteiger charge is 2.68. The maximum absolute atomic E-state index is 13.6. The lowest BCUT2D eigenvalue weighted by Gasteiger charge is -2.64. The first-order chi connectivity index (χ1) is 19.0. The number of hydrogen-bond acceptors (Lipinski definition) is 6. The SMILES string of the molecule is COc1ccccc1C(CC(=O)N[C@@H](CC(C)C)B1O[C@@H]2C[C@@H]3C[C@@H](C3(C)C)[C@]2(C)O1)NC(=O)c1cccnc1. The zero-order valence-corrected chi connectivity index (χ0v) is 24.5. The third kappa shape index (κ3) is 5.38. The van der Waals surface area contributed by atoms with E-state index in [9.17, 15) is 9.59 Å². The molecule has 8 nitrogen and oxygen atoms in total. The van der Waals surface area contributed by atoms with Gasteiger partial charge in [-0.1, -0.05) is 45.9 Å². The van der Waals surface area contributed by atoms with Crippen LogP contribution in [0.4, 0.5) is 0 Å². The van der Waals surface area contributed by atoms with Crippen molar-refractivity contribution in [3.63, 3.8) is 0 Å². The maximum atomic E-state index is 13.6. The van der Waals surface area contributed by atoms with Gasteiger partial charge in [0.25, 0.3) is 5.91 Å². The van der Waals surface area contributed by atoms with Crippen molar-refractivity contribution in [1.29, 1.82) is 0 Å². The smallest absolute Gasteiger partial charge is 0.481 e. The van der Waals surface area contributed by atoms with Gasteiger partial charge in [0.2, 0.25) is 5.91 Å². The Morgan fingerprint density at radius 3 is 2.58 bits per heavy atom. The fraction of sp³-hybridized carbons (Fsp3) is 0.581. The van der Waals surface area contributed by atoms with Crippen molar-refractivity contribution in [1.82, 2.24) is 15.6 Å². The zero-order chi connectivity index (χ0) is 28.7. The number of pyridine rings is 1. The lowest BCUT2D eigenvalue weighted by molar-refractivity contribution is -0.199. The Kier molecular flexibility index (Phi) is 7.99. The minimum Gasteiger partial charge on any atom is -0.496 e. The third-order valence-corrected chi connectivity index (χ3v) is 9.50. The van der Waals surface area contributed by atoms with Gasteiger partial charge in [-0.15, -0.1) is 0 Å². The van der Waals surface area contributed by atoms with Crippen molar-refractivity contribution in [2.45, 2.75) is 84.0 Å². The van der Waals surface area contributed by atoms with Crippen LogP contribution < -0.4 is 15.4 Å². The van der Waals surface area contributed by atoms with E-state index in [1.54, 1.807) is 25.4 Å². The molecule has 3 aliphatic carbocycles. The molecule has 6 rings (SSSR count). The molecule has 214 valence electrons. The molecule has 4 fully saturated rings. The molecule has 40 heavy (non-hydrogen) atoms. The van der Waals surface area contributed by atoms with Crippen molar-refractivity contribution >= 4 is 18.9 Å². The molecular weight excluding hydrogens is 505 g/mol. The first-order valence-electron chi connectivity index (χ1n) is 14.5. The Balaban J connectivity index is 1.33. The molecular formula is C31H42BN3O5. The van der Waals surface area contributed by atoms with E-state index in [0.717, 1.165) is 18.4 Å². The lowest BCUT2D eigenvalue weighted by Crippen LogP contribution is -2.65. The number of rotatable bonds is 10. The summed E-state index contributed by atoms with van der Waals surface area (Å²) < 4.78 is 18.8. The number of carbonyl (C=O) groups excluding carboxylic acids is 2. The number of aromatic nitrogens is 1. The molecule has 6 atom stereocenters. The van der Waals surface area contributed by atoms with Crippen molar-refractivity contribution in [3.8, 4) is 5.75 Å². The Morgan fingerprint density at radius 2 is 1.90 bits per heavy atom. The van der Waals surface area contributed by atoms with Crippen LogP contribution in [-0.2, 0) is 14.1 Å². The van der Waals surface area contributed by atoms with Crippen molar-refractivity contribution in [3.05, 3.63) is 59.9 Å². The zero-order valence-electron chi connectivity index (χ0n) is 24.5. The van der Waals surface area contributed by atoms with Gasteiger partial charge >= 0.3 is 7.12 Å². The number of ether oxygens (including phenoxy) is 1. The third-order valence-electron chi connectivity index (χ3n) is 9.50. The van der Waals surface area contributed by atoms with E-state index in [2.05, 4.69) is 50.2 Å². The Morgan fingerprint density at radius 1 is 1.12 bits per heavy atom. The molecule has 0 radical (unpaired) electrons. The number of methoxy groups -OCH3 is 1. The number of hydrogen-bond donors (Lipinski definition) is 2. The van der Waals surface area contributed by atoms with Gasteiger partial charge in [-0.2, -0.15) is 0 Å². The van der Waals surface area contributed by atoms with Gasteiger partial charge in [-0.05, 0) is 67.6 Å². The molecule has 2 bridgehead atoms. The van der Waals surface area contributed by atoms with E-state index in [4.69, 9.17) is 14.0 Å². The predicted octanol–water partition coefficient (Wildman–Crippen LogP) is 4.75. The van der Waals surface area contributed by atoms with E-state index in [1.165, 1.54) is 12.6 Å². The summed E-state index contributed by atoms with van der Waals surface area (Å²) in [6.45, 7) is 11.1. The summed E-state index contributed by atoms with van der Waals surface area (Å²) in [5.74, 6) is 1.23. The molecule has 1 saturated heterocycles. The highest BCUT2D eigenvalue weighted by Crippen LogP contribution is 2.65. The summed E-state index contributed by atoms with van der Waals surface area (Å²) in [7, 11) is 1.07. The minimum absolute atomic E-state index is 0.0338. The minimum atomic E-state index is -0.609. The largest absolute Gasteiger partial charge is 0.496 e. The van der Waals surface area contributed by atoms with Crippen molar-refractivity contribution in [2.24, 2.45) is 23.2 Å². The number of carbonyl (C=O) groups is 2. The van der Waals surface area contributed by atoms with Crippen LogP contribution in [0.3, 0.4) is 0 Å². The highest BCUT2D eigenvalue weighted by atomic mass is 16.7. The average molecular weight is 548 g/mol. The number of nitrogens with zero attached hydrogens (tertiary/aromatic N) is 1. The Hall–Kier alpha value is -2.91. The molecule has 1 unspecified atom stereocenters. The molecule has 2 heterocycles. The van der Waals surface area contributed by atoms with Crippen LogP contribution in [0, 0.1) is 23.2 Å². The summed E-state index contributed by atoms with van der Waals surface area (Å²) in [6, 6.07) is 10.2. The fourth-order valence-electron chi connectivity index (χ4n) is 7.20. The van der Waals surface area contributed by atoms with Gasteiger partial charge < -0.3 is 24.7 Å². The molecule has 1 aromatic heterocycles. The Bertz CT molecular complexity index is 1220. The van der Waals surface area contributed by atoms with Gasteiger partial charge in [-0.25, -0.2) is 0 Å². The van der Waals surface area contributed by atoms with E-state index in [-0.39, 0.29) is 41.3 Å². The molecule has 4 aliphatic rings. The van der Waals surface area contributed by atoms with E-state index >= 15 is 0 Å². The first kappa shape index (κ1) is 28.6. The standard InChI is InChI=1S/C31H42BN3O5/c1-19(2)14-27(32-39-26-16-21-15-25(30(21,3)4)31(26,5)40-32)35-28(36)17-23(22-11-7-8-12-24(22)38-6)34-29(37)20-10-9-13-33-18-20/h7-13,18-19,21,23,25-27H,14-17H2,1-6H3,(H,34,37)(H,35,36)/t21-,23?,25-,26+,27-,31-/m0/s1. The van der Waals surface area contributed by atoms with Crippen molar-refractivity contribution < 1.29 is 23.6 Å². The lowest BCUT2D eigenvalue weighted by atomic mass is 9.43. The van der Waals surface area contributed by atoms with Gasteiger partial charge in [0.15, 0.2) is 0 Å². The van der Waals surface area contributed by atoms with Crippen molar-refractivity contribution in [2.75, 3.05) is 7.11 Å². The predicted molar refractivity (Wildman–Crippen MR) is 154 cm³/mol. The molecule has 0 spiro atoms. The van der Waals surface area contributed by atoms with Crippen LogP contribution in [0.25, 0.3) is 0 Å². The Labute approximate surface area is 238 Å². The van der Waals surface area contributed by atoms with Gasteiger partial charge in [0, 0.05) is 18.0 Å². The van der Waals surface area contributed by atoms with Crippen LogP contribution in [0.5, 0.6) is 5.75 Å². The molecule has 2 N–H and O–H groups in total.